The van der Waals surface area contributed by atoms with Gasteiger partial charge in [0.25, 0.3) is 5.69 Å². The molecule has 1 heterocycles. The lowest BCUT2D eigenvalue weighted by Gasteiger charge is -2.24. The minimum absolute atomic E-state index is 0.0509. The normalized spacial score (nSPS) is 16.3. The summed E-state index contributed by atoms with van der Waals surface area (Å²) < 4.78 is 4.94. The fourth-order valence-electron chi connectivity index (χ4n) is 2.16. The first-order chi connectivity index (χ1) is 9.11. The number of rotatable bonds is 4. The number of thioether (sulfide) groups is 1. The molecule has 0 amide bonds. The van der Waals surface area contributed by atoms with Gasteiger partial charge in [0.2, 0.25) is 0 Å². The molecule has 1 aliphatic rings. The van der Waals surface area contributed by atoms with E-state index in [9.17, 15) is 15.2 Å². The van der Waals surface area contributed by atoms with Gasteiger partial charge in [0, 0.05) is 28.9 Å². The van der Waals surface area contributed by atoms with Crippen LogP contribution in [0, 0.1) is 10.1 Å². The molecule has 1 aromatic carbocycles. The highest BCUT2D eigenvalue weighted by atomic mass is 32.2. The average Bonchev–Trinajstić information content (AvgIpc) is 2.41. The monoisotopic (exact) mass is 284 g/mol. The van der Waals surface area contributed by atoms with Gasteiger partial charge in [-0.3, -0.25) is 10.1 Å². The molecule has 1 saturated heterocycles. The van der Waals surface area contributed by atoms with E-state index < -0.39 is 16.4 Å². The summed E-state index contributed by atoms with van der Waals surface area (Å²) in [5, 5.41) is 22.6. The molecule has 0 atom stereocenters. The minimum atomic E-state index is -0.652. The van der Waals surface area contributed by atoms with Crippen LogP contribution in [0.5, 0.6) is 11.5 Å². The number of benzene rings is 1. The fraction of sp³-hybridized carbons (Fsp3) is 0.500. The highest BCUT2D eigenvalue weighted by Crippen LogP contribution is 2.34. The van der Waals surface area contributed by atoms with Crippen LogP contribution in [-0.4, -0.2) is 36.6 Å². The van der Waals surface area contributed by atoms with Gasteiger partial charge in [-0.1, -0.05) is 0 Å². The van der Waals surface area contributed by atoms with Crippen molar-refractivity contribution in [3.8, 4) is 11.5 Å². The molecule has 104 valence electrons. The van der Waals surface area contributed by atoms with Crippen molar-refractivity contribution in [3.05, 3.63) is 27.8 Å². The molecule has 0 aliphatic carbocycles. The van der Waals surface area contributed by atoms with Crippen LogP contribution >= 0.6 is 11.8 Å². The maximum absolute atomic E-state index is 11.7. The first-order valence-electron chi connectivity index (χ1n) is 6.05. The number of methoxy groups -OCH3 is 1. The average molecular weight is 284 g/mol. The van der Waals surface area contributed by atoms with E-state index in [0.29, 0.717) is 6.54 Å². The second-order valence-electron chi connectivity index (χ2n) is 4.44. The lowest BCUT2D eigenvalue weighted by molar-refractivity contribution is -0.910. The molecule has 0 unspecified atom stereocenters. The van der Waals surface area contributed by atoms with Crippen LogP contribution in [0.25, 0.3) is 0 Å². The van der Waals surface area contributed by atoms with Gasteiger partial charge in [-0.2, -0.15) is 11.8 Å². The first-order valence-corrected chi connectivity index (χ1v) is 7.21. The van der Waals surface area contributed by atoms with Crippen LogP contribution in [-0.2, 0) is 6.54 Å². The summed E-state index contributed by atoms with van der Waals surface area (Å²) in [6.07, 6.45) is 0. The van der Waals surface area contributed by atoms with Gasteiger partial charge in [0.15, 0.2) is 0 Å². The van der Waals surface area contributed by atoms with Crippen LogP contribution < -0.4 is 14.7 Å². The molecule has 1 fully saturated rings. The van der Waals surface area contributed by atoms with Crippen LogP contribution in [0.3, 0.4) is 0 Å². The van der Waals surface area contributed by atoms with Gasteiger partial charge >= 0.3 is 0 Å². The highest BCUT2D eigenvalue weighted by molar-refractivity contribution is 7.99. The Kier molecular flexibility index (Phi) is 4.49. The van der Waals surface area contributed by atoms with Crippen LogP contribution in [0.1, 0.15) is 5.56 Å². The zero-order chi connectivity index (χ0) is 13.8. The molecule has 1 aliphatic heterocycles. The topological polar surface area (TPSA) is 79.9 Å². The molecular formula is C12H16N2O4S. The summed E-state index contributed by atoms with van der Waals surface area (Å²) >= 11 is 1.92. The Bertz CT molecular complexity index is 475. The Balaban J connectivity index is 2.24. The lowest BCUT2D eigenvalue weighted by Crippen LogP contribution is -3.12. The standard InChI is InChI=1S/C12H16N2O4S/c1-18-11-7-9(6-10(12(11)15)14(16)17)8-13-2-4-19-5-3-13/h6-7,15H,2-5,8H2,1H3. The molecule has 0 radical (unpaired) electrons. The number of nitro groups is 1. The van der Waals surface area contributed by atoms with Crippen molar-refractivity contribution in [2.45, 2.75) is 6.54 Å². The second-order valence-corrected chi connectivity index (χ2v) is 5.67. The van der Waals surface area contributed by atoms with Crippen molar-refractivity contribution in [3.63, 3.8) is 0 Å². The Labute approximate surface area is 115 Å². The van der Waals surface area contributed by atoms with E-state index in [1.165, 1.54) is 18.1 Å². The Morgan fingerprint density at radius 2 is 2.11 bits per heavy atom. The number of nitrogens with one attached hydrogen (secondary N) is 1. The van der Waals surface area contributed by atoms with Gasteiger partial charge in [0.05, 0.1) is 25.1 Å². The number of hydrogen-bond acceptors (Lipinski definition) is 5. The molecule has 1 aromatic rings. The predicted octanol–water partition coefficient (Wildman–Crippen LogP) is -0.191. The first kappa shape index (κ1) is 14.0. The van der Waals surface area contributed by atoms with Crippen LogP contribution in [0.2, 0.25) is 0 Å². The molecule has 0 aromatic heterocycles. The van der Waals surface area contributed by atoms with Gasteiger partial charge in [-0.15, -0.1) is 0 Å². The van der Waals surface area contributed by atoms with E-state index in [1.54, 1.807) is 6.07 Å². The van der Waals surface area contributed by atoms with Gasteiger partial charge in [0.1, 0.15) is 12.3 Å². The molecule has 0 saturated carbocycles. The van der Waals surface area contributed by atoms with Crippen LogP contribution in [0.4, 0.5) is 5.69 Å². The van der Waals surface area contributed by atoms with Crippen LogP contribution in [0.15, 0.2) is 12.1 Å². The molecule has 1 N–H and O–H groups in total. The molecule has 0 bridgehead atoms. The van der Waals surface area contributed by atoms with Gasteiger partial charge < -0.3 is 14.7 Å². The van der Waals surface area contributed by atoms with Crippen molar-refractivity contribution >= 4 is 17.4 Å². The number of quaternary nitrogens is 1. The molecule has 19 heavy (non-hydrogen) atoms. The molecule has 7 heteroatoms. The Hall–Kier alpha value is -1.47. The third kappa shape index (κ3) is 3.30. The Morgan fingerprint density at radius 3 is 2.68 bits per heavy atom. The fourth-order valence-corrected chi connectivity index (χ4v) is 3.23. The lowest BCUT2D eigenvalue weighted by atomic mass is 10.1. The van der Waals surface area contributed by atoms with E-state index in [4.69, 9.17) is 4.74 Å². The van der Waals surface area contributed by atoms with Crippen molar-refractivity contribution < 1.29 is 19.7 Å². The van der Waals surface area contributed by atoms with E-state index >= 15 is 0 Å². The molecule has 6 nitrogen and oxygen atoms in total. The smallest absolute Gasteiger partial charge is 0.265 e. The van der Waals surface area contributed by atoms with E-state index in [-0.39, 0.29) is 5.75 Å². The molecular weight excluding hydrogens is 268 g/mol. The largest absolute Gasteiger partial charge is 0.865 e. The third-order valence-electron chi connectivity index (χ3n) is 3.17. The minimum Gasteiger partial charge on any atom is -0.865 e. The summed E-state index contributed by atoms with van der Waals surface area (Å²) in [7, 11) is 1.36. The summed E-state index contributed by atoms with van der Waals surface area (Å²) in [6.45, 7) is 2.78. The quantitative estimate of drug-likeness (QED) is 0.612. The maximum Gasteiger partial charge on any atom is 0.265 e. The zero-order valence-corrected chi connectivity index (χ0v) is 11.5. The number of hydrogen-bond donors (Lipinski definition) is 1. The van der Waals surface area contributed by atoms with Crippen molar-refractivity contribution in [1.82, 2.24) is 0 Å². The molecule has 2 rings (SSSR count). The summed E-state index contributed by atoms with van der Waals surface area (Å²) in [6, 6.07) is 2.99. The Morgan fingerprint density at radius 1 is 1.42 bits per heavy atom. The van der Waals surface area contributed by atoms with E-state index in [0.717, 1.165) is 30.2 Å². The van der Waals surface area contributed by atoms with Crippen molar-refractivity contribution in [1.29, 1.82) is 0 Å². The number of nitrogens with zero attached hydrogens (tertiary/aromatic N) is 1. The maximum atomic E-state index is 11.7. The summed E-state index contributed by atoms with van der Waals surface area (Å²) in [5.41, 5.74) is 0.380. The zero-order valence-electron chi connectivity index (χ0n) is 10.7. The highest BCUT2D eigenvalue weighted by Gasteiger charge is 2.18. The van der Waals surface area contributed by atoms with E-state index in [2.05, 4.69) is 0 Å². The van der Waals surface area contributed by atoms with Crippen molar-refractivity contribution in [2.24, 2.45) is 0 Å². The SMILES string of the molecule is COc1cc(C[NH+]2CCSCC2)cc([N+](=O)[O-])c1[O-]. The predicted molar refractivity (Wildman–Crippen MR) is 70.8 cm³/mol. The number of nitro benzene ring substituents is 1. The third-order valence-corrected chi connectivity index (χ3v) is 4.15. The van der Waals surface area contributed by atoms with Crippen molar-refractivity contribution in [2.75, 3.05) is 31.7 Å². The summed E-state index contributed by atoms with van der Waals surface area (Å²) in [5.74, 6) is 1.61. The molecule has 0 spiro atoms. The second kappa shape index (κ2) is 6.12. The summed E-state index contributed by atoms with van der Waals surface area (Å²) in [4.78, 5) is 11.6. The van der Waals surface area contributed by atoms with E-state index in [1.807, 2.05) is 11.8 Å². The van der Waals surface area contributed by atoms with Gasteiger partial charge in [-0.05, 0) is 6.07 Å². The number of ether oxygens (including phenoxy) is 1. The van der Waals surface area contributed by atoms with Gasteiger partial charge in [-0.25, -0.2) is 0 Å².